The molecular weight excluding hydrogens is 422 g/mol. The first-order valence-electron chi connectivity index (χ1n) is 11.9. The molecule has 0 radical (unpaired) electrons. The van der Waals surface area contributed by atoms with Gasteiger partial charge >= 0.3 is 0 Å². The molecule has 4 aliphatic rings. The Morgan fingerprint density at radius 1 is 1.19 bits per heavy atom. The second-order valence-electron chi connectivity index (χ2n) is 10.3. The maximum Gasteiger partial charge on any atom is 0.228 e. The van der Waals surface area contributed by atoms with Crippen molar-refractivity contribution in [3.63, 3.8) is 0 Å². The van der Waals surface area contributed by atoms with E-state index in [1.54, 1.807) is 11.6 Å². The Bertz CT molecular complexity index is 1020. The van der Waals surface area contributed by atoms with Crippen LogP contribution in [0, 0.1) is 5.92 Å². The molecule has 6 nitrogen and oxygen atoms in total. The van der Waals surface area contributed by atoms with Crippen LogP contribution in [0.4, 0.5) is 0 Å². The van der Waals surface area contributed by atoms with E-state index >= 15 is 0 Å². The van der Waals surface area contributed by atoms with Crippen molar-refractivity contribution >= 4 is 17.2 Å². The van der Waals surface area contributed by atoms with Crippen LogP contribution in [-0.4, -0.2) is 68.7 Å². The van der Waals surface area contributed by atoms with E-state index in [9.17, 15) is 15.0 Å². The summed E-state index contributed by atoms with van der Waals surface area (Å²) in [7, 11) is 0. The Balaban J connectivity index is 1.36. The van der Waals surface area contributed by atoms with Crippen LogP contribution in [0.2, 0.25) is 0 Å². The van der Waals surface area contributed by atoms with E-state index < -0.39 is 11.0 Å². The minimum Gasteiger partial charge on any atom is -0.508 e. The Morgan fingerprint density at radius 3 is 2.78 bits per heavy atom. The van der Waals surface area contributed by atoms with Crippen molar-refractivity contribution in [2.45, 2.75) is 62.0 Å². The van der Waals surface area contributed by atoms with E-state index in [1.807, 2.05) is 16.3 Å². The summed E-state index contributed by atoms with van der Waals surface area (Å²) in [5, 5.41) is 24.7. The number of amides is 1. The number of hydrogen-bond acceptors (Lipinski definition) is 6. The number of phenolic OH excluding ortho intramolecular Hbond substituents is 1. The van der Waals surface area contributed by atoms with Crippen molar-refractivity contribution in [2.75, 3.05) is 26.2 Å². The fraction of sp³-hybridized carbons (Fsp3) is 0.600. The maximum atomic E-state index is 13.1. The van der Waals surface area contributed by atoms with Gasteiger partial charge in [-0.1, -0.05) is 6.07 Å². The van der Waals surface area contributed by atoms with E-state index in [2.05, 4.69) is 16.0 Å². The first kappa shape index (κ1) is 20.6. The summed E-state index contributed by atoms with van der Waals surface area (Å²) in [6, 6.07) is 5.79. The summed E-state index contributed by atoms with van der Waals surface area (Å²) < 4.78 is 0. The van der Waals surface area contributed by atoms with Gasteiger partial charge in [0.15, 0.2) is 0 Å². The average Bonchev–Trinajstić information content (AvgIpc) is 3.48. The number of aromatic hydroxyl groups is 1. The third-order valence-electron chi connectivity index (χ3n) is 8.60. The van der Waals surface area contributed by atoms with Gasteiger partial charge in [0.05, 0.1) is 23.2 Å². The second kappa shape index (κ2) is 7.54. The lowest BCUT2D eigenvalue weighted by Crippen LogP contribution is -2.71. The average molecular weight is 454 g/mol. The largest absolute Gasteiger partial charge is 0.508 e. The van der Waals surface area contributed by atoms with E-state index in [0.29, 0.717) is 25.9 Å². The third-order valence-corrected chi connectivity index (χ3v) is 9.23. The number of benzene rings is 1. The number of thiazole rings is 1. The fourth-order valence-corrected chi connectivity index (χ4v) is 7.26. The van der Waals surface area contributed by atoms with Crippen LogP contribution in [0.5, 0.6) is 5.75 Å². The van der Waals surface area contributed by atoms with Crippen molar-refractivity contribution in [3.05, 3.63) is 45.9 Å². The molecule has 170 valence electrons. The summed E-state index contributed by atoms with van der Waals surface area (Å²) in [6.07, 6.45) is 5.92. The highest BCUT2D eigenvalue weighted by atomic mass is 32.1. The number of rotatable bonds is 4. The first-order chi connectivity index (χ1) is 15.5. The van der Waals surface area contributed by atoms with E-state index in [1.165, 1.54) is 29.7 Å². The lowest BCUT2D eigenvalue weighted by molar-refractivity contribution is -0.149. The smallest absolute Gasteiger partial charge is 0.228 e. The molecule has 2 aliphatic heterocycles. The molecule has 1 amide bonds. The van der Waals surface area contributed by atoms with Gasteiger partial charge in [-0.15, -0.1) is 11.3 Å². The molecular formula is C25H31N3O3S. The van der Waals surface area contributed by atoms with Gasteiger partial charge in [-0.25, -0.2) is 4.98 Å². The molecule has 6 rings (SSSR count). The Hall–Kier alpha value is -1.96. The maximum absolute atomic E-state index is 13.1. The van der Waals surface area contributed by atoms with E-state index in [0.717, 1.165) is 49.5 Å². The molecule has 2 aromatic rings. The summed E-state index contributed by atoms with van der Waals surface area (Å²) in [5.74, 6) is 1.13. The molecule has 32 heavy (non-hydrogen) atoms. The molecule has 1 aromatic heterocycles. The van der Waals surface area contributed by atoms with Gasteiger partial charge in [0, 0.05) is 36.5 Å². The third kappa shape index (κ3) is 3.20. The monoisotopic (exact) mass is 453 g/mol. The molecule has 0 spiro atoms. The molecule has 1 aromatic carbocycles. The van der Waals surface area contributed by atoms with Crippen molar-refractivity contribution in [2.24, 2.45) is 5.92 Å². The predicted molar refractivity (Wildman–Crippen MR) is 123 cm³/mol. The standard InChI is InChI=1S/C25H31N3O3S/c29-20-4-3-18-11-22-25(31)7-10-27(23(30)12-19-15-32-16-26-19)8-5-24(25,21(18)13-20)6-9-28(22)14-17-1-2-17/h3-4,13,15-17,22,29,31H,1-2,5-12,14H2. The number of nitrogens with zero attached hydrogens (tertiary/aromatic N) is 3. The first-order valence-corrected chi connectivity index (χ1v) is 12.9. The van der Waals surface area contributed by atoms with Gasteiger partial charge in [-0.3, -0.25) is 9.69 Å². The van der Waals surface area contributed by atoms with E-state index in [4.69, 9.17) is 0 Å². The molecule has 2 saturated heterocycles. The zero-order valence-electron chi connectivity index (χ0n) is 18.4. The summed E-state index contributed by atoms with van der Waals surface area (Å²) in [4.78, 5) is 21.9. The lowest BCUT2D eigenvalue weighted by Gasteiger charge is -2.61. The minimum absolute atomic E-state index is 0.0717. The molecule has 3 fully saturated rings. The van der Waals surface area contributed by atoms with Crippen molar-refractivity contribution in [1.29, 1.82) is 0 Å². The van der Waals surface area contributed by atoms with E-state index in [-0.39, 0.29) is 17.7 Å². The molecule has 7 heteroatoms. The van der Waals surface area contributed by atoms with Crippen LogP contribution in [0.3, 0.4) is 0 Å². The van der Waals surface area contributed by atoms with Gasteiger partial charge in [0.1, 0.15) is 5.75 Å². The van der Waals surface area contributed by atoms with Crippen LogP contribution in [-0.2, 0) is 23.1 Å². The Kier molecular flexibility index (Phi) is 4.86. The van der Waals surface area contributed by atoms with Crippen LogP contribution >= 0.6 is 11.3 Å². The van der Waals surface area contributed by atoms with Crippen LogP contribution in [0.1, 0.15) is 48.9 Å². The van der Waals surface area contributed by atoms with Crippen LogP contribution in [0.15, 0.2) is 29.1 Å². The molecule has 3 heterocycles. The zero-order chi connectivity index (χ0) is 21.9. The highest BCUT2D eigenvalue weighted by Crippen LogP contribution is 2.56. The molecule has 2 N–H and O–H groups in total. The fourth-order valence-electron chi connectivity index (χ4n) is 6.71. The zero-order valence-corrected chi connectivity index (χ0v) is 19.2. The normalized spacial score (nSPS) is 32.2. The summed E-state index contributed by atoms with van der Waals surface area (Å²) in [6.45, 7) is 3.26. The van der Waals surface area contributed by atoms with Crippen molar-refractivity contribution in [3.8, 4) is 5.75 Å². The number of likely N-dealkylation sites (tertiary alicyclic amines) is 2. The van der Waals surface area contributed by atoms with Gasteiger partial charge in [-0.05, 0) is 74.2 Å². The quantitative estimate of drug-likeness (QED) is 0.745. The second-order valence-corrected chi connectivity index (χ2v) is 11.0. The van der Waals surface area contributed by atoms with Crippen molar-refractivity contribution in [1.82, 2.24) is 14.8 Å². The van der Waals surface area contributed by atoms with Gasteiger partial charge in [-0.2, -0.15) is 0 Å². The Morgan fingerprint density at radius 2 is 2.00 bits per heavy atom. The van der Waals surface area contributed by atoms with Crippen LogP contribution < -0.4 is 0 Å². The number of piperidine rings is 1. The molecule has 3 atom stereocenters. The van der Waals surface area contributed by atoms with Gasteiger partial charge in [0.25, 0.3) is 0 Å². The highest BCUT2D eigenvalue weighted by Gasteiger charge is 2.63. The molecule has 3 unspecified atom stereocenters. The summed E-state index contributed by atoms with van der Waals surface area (Å²) in [5.41, 5.74) is 3.64. The molecule has 2 bridgehead atoms. The van der Waals surface area contributed by atoms with Gasteiger partial charge < -0.3 is 15.1 Å². The predicted octanol–water partition coefficient (Wildman–Crippen LogP) is 2.72. The van der Waals surface area contributed by atoms with Gasteiger partial charge in [0.2, 0.25) is 5.91 Å². The number of carbonyl (C=O) groups is 1. The minimum atomic E-state index is -0.892. The number of aromatic nitrogens is 1. The number of fused-ring (bicyclic) bond motifs is 1. The number of aliphatic hydroxyl groups is 1. The van der Waals surface area contributed by atoms with Crippen LogP contribution in [0.25, 0.3) is 0 Å². The van der Waals surface area contributed by atoms with Crippen molar-refractivity contribution < 1.29 is 15.0 Å². The molecule has 2 aliphatic carbocycles. The number of phenols is 1. The SMILES string of the molecule is O=C(Cc1cscn1)N1CCC23CCN(CC4CC4)C(Cc4ccc(O)cc42)C3(O)CC1. The number of hydrogen-bond donors (Lipinski definition) is 2. The summed E-state index contributed by atoms with van der Waals surface area (Å²) >= 11 is 1.51. The lowest BCUT2D eigenvalue weighted by atomic mass is 9.52. The molecule has 1 saturated carbocycles. The number of carbonyl (C=O) groups excluding carboxylic acids is 1. The highest BCUT2D eigenvalue weighted by molar-refractivity contribution is 7.07. The topological polar surface area (TPSA) is 76.9 Å². The Labute approximate surface area is 192 Å².